The lowest BCUT2D eigenvalue weighted by Gasteiger charge is -2.35. The van der Waals surface area contributed by atoms with E-state index in [-0.39, 0.29) is 18.4 Å². The van der Waals surface area contributed by atoms with Gasteiger partial charge in [-0.15, -0.1) is 0 Å². The third-order valence-electron chi connectivity index (χ3n) is 5.86. The number of hydrogen-bond donors (Lipinski definition) is 2. The molecule has 0 unspecified atom stereocenters. The van der Waals surface area contributed by atoms with E-state index in [1.165, 1.54) is 4.90 Å². The summed E-state index contributed by atoms with van der Waals surface area (Å²) in [6.45, 7) is 7.34. The van der Waals surface area contributed by atoms with Crippen LogP contribution in [0.15, 0.2) is 42.5 Å². The minimum Gasteiger partial charge on any atom is -0.485 e. The predicted molar refractivity (Wildman–Crippen MR) is 113 cm³/mol. The quantitative estimate of drug-likeness (QED) is 0.783. The molecule has 0 bridgehead atoms. The maximum atomic E-state index is 12.8. The fourth-order valence-corrected chi connectivity index (χ4v) is 3.87. The van der Waals surface area contributed by atoms with E-state index in [1.807, 2.05) is 61.2 Å². The maximum Gasteiger partial charge on any atom is 0.279 e. The number of carbonyl (C=O) groups is 2. The number of para-hydroxylation sites is 2. The first-order chi connectivity index (χ1) is 14.5. The number of fused-ring (bicyclic) bond motifs is 1. The van der Waals surface area contributed by atoms with Crippen molar-refractivity contribution in [3.05, 3.63) is 53.6 Å². The van der Waals surface area contributed by atoms with E-state index in [0.29, 0.717) is 31.1 Å². The molecule has 30 heavy (non-hydrogen) atoms. The van der Waals surface area contributed by atoms with Crippen molar-refractivity contribution in [3.63, 3.8) is 0 Å². The molecule has 1 atom stereocenters. The number of anilines is 1. The first-order valence-corrected chi connectivity index (χ1v) is 10.4. The Labute approximate surface area is 176 Å². The molecule has 7 nitrogen and oxygen atoms in total. The molecule has 0 spiro atoms. The molecule has 0 radical (unpaired) electrons. The van der Waals surface area contributed by atoms with Crippen LogP contribution in [0.1, 0.15) is 11.1 Å². The zero-order chi connectivity index (χ0) is 21.1. The summed E-state index contributed by atoms with van der Waals surface area (Å²) in [6, 6.07) is 13.3. The lowest BCUT2D eigenvalue weighted by Crippen LogP contribution is -3.15. The normalized spacial score (nSPS) is 18.7. The Morgan fingerprint density at radius 1 is 1.07 bits per heavy atom. The molecule has 7 heteroatoms. The average molecular weight is 410 g/mol. The van der Waals surface area contributed by atoms with E-state index in [4.69, 9.17) is 9.47 Å². The largest absolute Gasteiger partial charge is 0.485 e. The van der Waals surface area contributed by atoms with Crippen molar-refractivity contribution in [2.24, 2.45) is 0 Å². The predicted octanol–water partition coefficient (Wildman–Crippen LogP) is 0.809. The van der Waals surface area contributed by atoms with Crippen LogP contribution in [-0.4, -0.2) is 62.1 Å². The van der Waals surface area contributed by atoms with E-state index >= 15 is 0 Å². The number of piperazine rings is 1. The first kappa shape index (κ1) is 20.2. The Bertz CT molecular complexity index is 938. The number of benzene rings is 2. The van der Waals surface area contributed by atoms with Gasteiger partial charge in [0, 0.05) is 5.69 Å². The fourth-order valence-electron chi connectivity index (χ4n) is 3.87. The van der Waals surface area contributed by atoms with E-state index in [9.17, 15) is 9.59 Å². The number of aryl methyl sites for hydroxylation is 1. The lowest BCUT2D eigenvalue weighted by molar-refractivity contribution is -0.895. The summed E-state index contributed by atoms with van der Waals surface area (Å²) in [4.78, 5) is 28.3. The van der Waals surface area contributed by atoms with E-state index in [2.05, 4.69) is 5.32 Å². The molecule has 2 aliphatic rings. The number of nitrogens with zero attached hydrogens (tertiary/aromatic N) is 1. The van der Waals surface area contributed by atoms with Crippen molar-refractivity contribution < 1.29 is 24.0 Å². The second kappa shape index (κ2) is 8.75. The summed E-state index contributed by atoms with van der Waals surface area (Å²) in [5, 5.41) is 3.02. The molecule has 2 heterocycles. The number of hydrogen-bond acceptors (Lipinski definition) is 4. The summed E-state index contributed by atoms with van der Waals surface area (Å²) >= 11 is 0. The molecule has 2 N–H and O–H groups in total. The number of ether oxygens (including phenoxy) is 2. The highest BCUT2D eigenvalue weighted by molar-refractivity contribution is 5.92. The maximum absolute atomic E-state index is 12.8. The zero-order valence-electron chi connectivity index (χ0n) is 17.4. The van der Waals surface area contributed by atoms with Gasteiger partial charge in [0.05, 0.1) is 26.2 Å². The van der Waals surface area contributed by atoms with Crippen LogP contribution in [0.3, 0.4) is 0 Å². The Morgan fingerprint density at radius 2 is 1.80 bits per heavy atom. The smallest absolute Gasteiger partial charge is 0.279 e. The van der Waals surface area contributed by atoms with Gasteiger partial charge in [0.15, 0.2) is 18.0 Å². The highest BCUT2D eigenvalue weighted by Crippen LogP contribution is 2.31. The molecule has 2 amide bonds. The van der Waals surface area contributed by atoms with Crippen molar-refractivity contribution in [2.75, 3.05) is 44.6 Å². The van der Waals surface area contributed by atoms with Crippen LogP contribution >= 0.6 is 0 Å². The molecule has 2 aliphatic heterocycles. The van der Waals surface area contributed by atoms with Gasteiger partial charge in [-0.3, -0.25) is 9.59 Å². The Morgan fingerprint density at radius 3 is 2.57 bits per heavy atom. The summed E-state index contributed by atoms with van der Waals surface area (Å²) in [7, 11) is 0. The Hall–Kier alpha value is -3.06. The molecule has 2 aromatic rings. The molecule has 2 aromatic carbocycles. The van der Waals surface area contributed by atoms with Crippen LogP contribution in [0.2, 0.25) is 0 Å². The third kappa shape index (κ3) is 4.41. The van der Waals surface area contributed by atoms with Crippen LogP contribution in [0.5, 0.6) is 11.5 Å². The van der Waals surface area contributed by atoms with Crippen LogP contribution in [-0.2, 0) is 9.59 Å². The molecule has 158 valence electrons. The van der Waals surface area contributed by atoms with Gasteiger partial charge in [0.25, 0.3) is 11.8 Å². The van der Waals surface area contributed by atoms with E-state index < -0.39 is 6.10 Å². The van der Waals surface area contributed by atoms with Gasteiger partial charge in [-0.2, -0.15) is 0 Å². The third-order valence-corrected chi connectivity index (χ3v) is 5.86. The minimum absolute atomic E-state index is 0.000836. The molecule has 0 aliphatic carbocycles. The molecule has 0 aromatic heterocycles. The van der Waals surface area contributed by atoms with Crippen molar-refractivity contribution in [3.8, 4) is 11.5 Å². The summed E-state index contributed by atoms with van der Waals surface area (Å²) in [5.41, 5.74) is 3.11. The molecule has 0 saturated carbocycles. The second-order valence-corrected chi connectivity index (χ2v) is 7.91. The highest BCUT2D eigenvalue weighted by Gasteiger charge is 2.34. The van der Waals surface area contributed by atoms with E-state index in [1.54, 1.807) is 0 Å². The van der Waals surface area contributed by atoms with Gasteiger partial charge in [0.1, 0.15) is 6.61 Å². The SMILES string of the molecule is Cc1cccc(NC(=O)C[NH+]2CCN(C(=O)[C@H]3COc4ccccc4O3)CC2)c1C. The monoisotopic (exact) mass is 410 g/mol. The lowest BCUT2D eigenvalue weighted by atomic mass is 10.1. The van der Waals surface area contributed by atoms with Gasteiger partial charge in [-0.25, -0.2) is 0 Å². The van der Waals surface area contributed by atoms with Gasteiger partial charge in [-0.1, -0.05) is 24.3 Å². The highest BCUT2D eigenvalue weighted by atomic mass is 16.6. The van der Waals surface area contributed by atoms with Gasteiger partial charge in [-0.05, 0) is 43.2 Å². The molecule has 1 fully saturated rings. The van der Waals surface area contributed by atoms with Crippen molar-refractivity contribution in [1.82, 2.24) is 4.90 Å². The number of rotatable bonds is 4. The summed E-state index contributed by atoms with van der Waals surface area (Å²) < 4.78 is 11.5. The van der Waals surface area contributed by atoms with Crippen molar-refractivity contribution in [2.45, 2.75) is 20.0 Å². The summed E-state index contributed by atoms with van der Waals surface area (Å²) in [5.74, 6) is 1.22. The van der Waals surface area contributed by atoms with Crippen LogP contribution in [0.4, 0.5) is 5.69 Å². The van der Waals surface area contributed by atoms with Gasteiger partial charge < -0.3 is 24.6 Å². The van der Waals surface area contributed by atoms with Crippen molar-refractivity contribution in [1.29, 1.82) is 0 Å². The fraction of sp³-hybridized carbons (Fsp3) is 0.391. The molecule has 1 saturated heterocycles. The number of amides is 2. The first-order valence-electron chi connectivity index (χ1n) is 10.4. The number of quaternary nitrogens is 1. The topological polar surface area (TPSA) is 72.3 Å². The number of carbonyl (C=O) groups excluding carboxylic acids is 2. The Balaban J connectivity index is 1.26. The molecular formula is C23H28N3O4+. The van der Waals surface area contributed by atoms with Gasteiger partial charge in [0.2, 0.25) is 6.10 Å². The molecular weight excluding hydrogens is 382 g/mol. The number of nitrogens with one attached hydrogen (secondary N) is 2. The van der Waals surface area contributed by atoms with E-state index in [0.717, 1.165) is 29.9 Å². The minimum atomic E-state index is -0.617. The second-order valence-electron chi connectivity index (χ2n) is 7.91. The van der Waals surface area contributed by atoms with Gasteiger partial charge >= 0.3 is 0 Å². The molecule has 4 rings (SSSR count). The van der Waals surface area contributed by atoms with Crippen molar-refractivity contribution >= 4 is 17.5 Å². The summed E-state index contributed by atoms with van der Waals surface area (Å²) in [6.07, 6.45) is -0.617. The zero-order valence-corrected chi connectivity index (χ0v) is 17.4. The Kier molecular flexibility index (Phi) is 5.90. The van der Waals surface area contributed by atoms with Crippen LogP contribution in [0, 0.1) is 13.8 Å². The average Bonchev–Trinajstić information content (AvgIpc) is 2.76. The van der Waals surface area contributed by atoms with Crippen LogP contribution in [0.25, 0.3) is 0 Å². The standard InChI is InChI=1S/C23H27N3O4/c1-16-6-5-7-18(17(16)2)24-22(27)14-25-10-12-26(13-11-25)23(28)21-15-29-19-8-3-4-9-20(19)30-21/h3-9,21H,10-15H2,1-2H3,(H,24,27)/p+1/t21-/m1/s1. The van der Waals surface area contributed by atoms with Crippen LogP contribution < -0.4 is 19.7 Å².